The summed E-state index contributed by atoms with van der Waals surface area (Å²) in [6.45, 7) is 6.36. The van der Waals surface area contributed by atoms with Gasteiger partial charge in [-0.15, -0.1) is 0 Å². The van der Waals surface area contributed by atoms with Gasteiger partial charge in [0.1, 0.15) is 5.75 Å². The van der Waals surface area contributed by atoms with Gasteiger partial charge in [-0.1, -0.05) is 20.3 Å². The lowest BCUT2D eigenvalue weighted by atomic mass is 9.82. The van der Waals surface area contributed by atoms with Crippen LogP contribution in [0.25, 0.3) is 11.3 Å². The SMILES string of the molecule is CCNC(=O)n1nc(-c2ccc(NC(=O)C(CC)CC)cc2O)cc1C1CCC1. The van der Waals surface area contributed by atoms with E-state index in [1.165, 1.54) is 10.7 Å². The van der Waals surface area contributed by atoms with E-state index in [9.17, 15) is 14.7 Å². The summed E-state index contributed by atoms with van der Waals surface area (Å²) in [4.78, 5) is 24.7. The second-order valence-corrected chi connectivity index (χ2v) is 7.56. The predicted molar refractivity (Wildman–Crippen MR) is 113 cm³/mol. The molecule has 1 heterocycles. The van der Waals surface area contributed by atoms with Gasteiger partial charge >= 0.3 is 6.03 Å². The van der Waals surface area contributed by atoms with Crippen molar-refractivity contribution in [1.29, 1.82) is 0 Å². The maximum Gasteiger partial charge on any atom is 0.342 e. The van der Waals surface area contributed by atoms with E-state index in [0.29, 0.717) is 29.4 Å². The van der Waals surface area contributed by atoms with Crippen molar-refractivity contribution in [3.8, 4) is 17.0 Å². The molecule has 0 bridgehead atoms. The number of phenolic OH excluding ortho intramolecular Hbond substituents is 1. The quantitative estimate of drug-likeness (QED) is 0.641. The van der Waals surface area contributed by atoms with Crippen molar-refractivity contribution < 1.29 is 14.7 Å². The molecule has 1 aromatic heterocycles. The number of nitrogens with zero attached hydrogens (tertiary/aromatic N) is 2. The number of rotatable bonds is 7. The van der Waals surface area contributed by atoms with Gasteiger partial charge in [0.05, 0.1) is 11.4 Å². The number of hydrogen-bond donors (Lipinski definition) is 3. The zero-order valence-corrected chi connectivity index (χ0v) is 17.4. The number of carbonyl (C=O) groups excluding carboxylic acids is 2. The van der Waals surface area contributed by atoms with Crippen LogP contribution in [0.1, 0.15) is 64.5 Å². The summed E-state index contributed by atoms with van der Waals surface area (Å²) in [5.41, 5.74) is 2.51. The fourth-order valence-electron chi connectivity index (χ4n) is 3.64. The molecule has 7 nitrogen and oxygen atoms in total. The minimum atomic E-state index is -0.255. The number of anilines is 1. The van der Waals surface area contributed by atoms with Crippen LogP contribution in [0, 0.1) is 5.92 Å². The van der Waals surface area contributed by atoms with Crippen molar-refractivity contribution in [1.82, 2.24) is 15.1 Å². The number of hydrogen-bond acceptors (Lipinski definition) is 4. The van der Waals surface area contributed by atoms with Crippen LogP contribution in [-0.4, -0.2) is 33.4 Å². The normalized spacial score (nSPS) is 13.9. The van der Waals surface area contributed by atoms with E-state index in [0.717, 1.165) is 37.8 Å². The molecule has 1 aromatic carbocycles. The van der Waals surface area contributed by atoms with Gasteiger partial charge in [-0.25, -0.2) is 4.79 Å². The fourth-order valence-corrected chi connectivity index (χ4v) is 3.64. The van der Waals surface area contributed by atoms with E-state index in [4.69, 9.17) is 0 Å². The number of nitrogens with one attached hydrogen (secondary N) is 2. The monoisotopic (exact) mass is 398 g/mol. The zero-order chi connectivity index (χ0) is 21.0. The van der Waals surface area contributed by atoms with Gasteiger partial charge in [0.15, 0.2) is 0 Å². The van der Waals surface area contributed by atoms with Crippen molar-refractivity contribution in [3.05, 3.63) is 30.0 Å². The maximum atomic E-state index is 12.4. The Hall–Kier alpha value is -2.83. The summed E-state index contributed by atoms with van der Waals surface area (Å²) >= 11 is 0. The van der Waals surface area contributed by atoms with Crippen LogP contribution in [0.15, 0.2) is 24.3 Å². The molecule has 2 aromatic rings. The number of benzene rings is 1. The Bertz CT molecular complexity index is 882. The van der Waals surface area contributed by atoms with Crippen molar-refractivity contribution in [3.63, 3.8) is 0 Å². The highest BCUT2D eigenvalue weighted by atomic mass is 16.3. The van der Waals surface area contributed by atoms with E-state index in [2.05, 4.69) is 15.7 Å². The molecule has 3 rings (SSSR count). The van der Waals surface area contributed by atoms with Crippen LogP contribution in [0.4, 0.5) is 10.5 Å². The smallest absolute Gasteiger partial charge is 0.342 e. The van der Waals surface area contributed by atoms with Crippen LogP contribution in [-0.2, 0) is 4.79 Å². The summed E-state index contributed by atoms with van der Waals surface area (Å²) in [6, 6.07) is 6.64. The Morgan fingerprint density at radius 1 is 1.21 bits per heavy atom. The van der Waals surface area contributed by atoms with E-state index < -0.39 is 0 Å². The maximum absolute atomic E-state index is 12.4. The molecule has 0 unspecified atom stereocenters. The average Bonchev–Trinajstić information content (AvgIpc) is 3.06. The van der Waals surface area contributed by atoms with Gasteiger partial charge in [0, 0.05) is 35.7 Å². The van der Waals surface area contributed by atoms with Crippen LogP contribution < -0.4 is 10.6 Å². The highest BCUT2D eigenvalue weighted by Crippen LogP contribution is 2.39. The standard InChI is InChI=1S/C22H30N4O3/c1-4-14(5-2)21(28)24-16-10-11-17(20(27)12-16)18-13-19(15-8-7-9-15)26(25-18)22(29)23-6-3/h10-15,27H,4-9H2,1-3H3,(H,23,29)(H,24,28). The Morgan fingerprint density at radius 2 is 1.93 bits per heavy atom. The molecular weight excluding hydrogens is 368 g/mol. The second kappa shape index (κ2) is 9.11. The highest BCUT2D eigenvalue weighted by Gasteiger charge is 2.27. The van der Waals surface area contributed by atoms with Crippen LogP contribution >= 0.6 is 0 Å². The van der Waals surface area contributed by atoms with E-state index >= 15 is 0 Å². The largest absolute Gasteiger partial charge is 0.507 e. The van der Waals surface area contributed by atoms with E-state index in [-0.39, 0.29) is 23.6 Å². The molecule has 7 heteroatoms. The third-order valence-corrected chi connectivity index (χ3v) is 5.68. The third kappa shape index (κ3) is 4.44. The van der Waals surface area contributed by atoms with Crippen molar-refractivity contribution in [2.24, 2.45) is 5.92 Å². The fraction of sp³-hybridized carbons (Fsp3) is 0.500. The first-order chi connectivity index (χ1) is 14.0. The Morgan fingerprint density at radius 3 is 2.48 bits per heavy atom. The number of phenols is 1. The topological polar surface area (TPSA) is 96.3 Å². The van der Waals surface area contributed by atoms with Crippen molar-refractivity contribution in [2.75, 3.05) is 11.9 Å². The zero-order valence-electron chi connectivity index (χ0n) is 17.4. The lowest BCUT2D eigenvalue weighted by Crippen LogP contribution is -2.31. The molecule has 156 valence electrons. The molecule has 29 heavy (non-hydrogen) atoms. The molecule has 0 radical (unpaired) electrons. The van der Waals surface area contributed by atoms with Crippen LogP contribution in [0.5, 0.6) is 5.75 Å². The van der Waals surface area contributed by atoms with E-state index in [1.807, 2.05) is 26.8 Å². The van der Waals surface area contributed by atoms with Gasteiger partial charge in [-0.3, -0.25) is 4.79 Å². The first kappa shape index (κ1) is 20.9. The Labute approximate surface area is 171 Å². The molecule has 1 aliphatic carbocycles. The lowest BCUT2D eigenvalue weighted by Gasteiger charge is -2.25. The molecule has 0 atom stereocenters. The van der Waals surface area contributed by atoms with Gasteiger partial charge < -0.3 is 15.7 Å². The van der Waals surface area contributed by atoms with Crippen molar-refractivity contribution >= 4 is 17.6 Å². The highest BCUT2D eigenvalue weighted by molar-refractivity contribution is 5.93. The van der Waals surface area contributed by atoms with Gasteiger partial charge in [-0.05, 0) is 50.8 Å². The molecule has 3 N–H and O–H groups in total. The first-order valence-corrected chi connectivity index (χ1v) is 10.5. The molecule has 0 aliphatic heterocycles. The summed E-state index contributed by atoms with van der Waals surface area (Å²) < 4.78 is 1.42. The average molecular weight is 399 g/mol. The number of aromatic hydroxyl groups is 1. The molecular formula is C22H30N4O3. The minimum absolute atomic E-state index is 0.0213. The summed E-state index contributed by atoms with van der Waals surface area (Å²) in [7, 11) is 0. The van der Waals surface area contributed by atoms with Gasteiger partial charge in [-0.2, -0.15) is 9.78 Å². The Balaban J connectivity index is 1.87. The minimum Gasteiger partial charge on any atom is -0.507 e. The van der Waals surface area contributed by atoms with Crippen molar-refractivity contribution in [2.45, 2.75) is 58.8 Å². The second-order valence-electron chi connectivity index (χ2n) is 7.56. The van der Waals surface area contributed by atoms with E-state index in [1.54, 1.807) is 12.1 Å². The van der Waals surface area contributed by atoms with Crippen LogP contribution in [0.3, 0.4) is 0 Å². The summed E-state index contributed by atoms with van der Waals surface area (Å²) in [5.74, 6) is 0.247. The molecule has 1 aliphatic rings. The molecule has 1 saturated carbocycles. The number of amides is 2. The lowest BCUT2D eigenvalue weighted by molar-refractivity contribution is -0.120. The molecule has 2 amide bonds. The Kier molecular flexibility index (Phi) is 6.56. The molecule has 0 spiro atoms. The number of carbonyl (C=O) groups is 2. The number of aromatic nitrogens is 2. The van der Waals surface area contributed by atoms with Gasteiger partial charge in [0.2, 0.25) is 5.91 Å². The third-order valence-electron chi connectivity index (χ3n) is 5.68. The van der Waals surface area contributed by atoms with Gasteiger partial charge in [0.25, 0.3) is 0 Å². The molecule has 0 saturated heterocycles. The molecule has 1 fully saturated rings. The first-order valence-electron chi connectivity index (χ1n) is 10.5. The summed E-state index contributed by atoms with van der Waals surface area (Å²) in [5, 5.41) is 20.7. The summed E-state index contributed by atoms with van der Waals surface area (Å²) in [6.07, 6.45) is 4.77. The van der Waals surface area contributed by atoms with Crippen LogP contribution in [0.2, 0.25) is 0 Å². The predicted octanol–water partition coefficient (Wildman–Crippen LogP) is 4.48.